The Morgan fingerprint density at radius 3 is 1.70 bits per heavy atom. The average molecular weight is 485 g/mol. The van der Waals surface area contributed by atoms with Crippen LogP contribution in [-0.2, 0) is 16.2 Å². The fraction of sp³-hybridized carbons (Fsp3) is 0.156. The predicted octanol–water partition coefficient (Wildman–Crippen LogP) is 5.49. The van der Waals surface area contributed by atoms with Crippen LogP contribution in [0.1, 0.15) is 45.2 Å². The zero-order valence-electron chi connectivity index (χ0n) is 20.0. The van der Waals surface area contributed by atoms with Crippen LogP contribution >= 0.6 is 0 Å². The Balaban J connectivity index is 1.21. The van der Waals surface area contributed by atoms with Crippen molar-refractivity contribution in [1.82, 2.24) is 5.01 Å². The van der Waals surface area contributed by atoms with Crippen LogP contribution in [-0.4, -0.2) is 23.0 Å². The summed E-state index contributed by atoms with van der Waals surface area (Å²) in [4.78, 5) is 27.5. The van der Waals surface area contributed by atoms with Gasteiger partial charge in [0.05, 0.1) is 18.1 Å². The number of ether oxygens (including phenoxy) is 1. The number of amides is 2. The molecule has 4 aromatic carbocycles. The quantitative estimate of drug-likeness (QED) is 0.278. The van der Waals surface area contributed by atoms with Crippen LogP contribution in [0.25, 0.3) is 0 Å². The van der Waals surface area contributed by atoms with Crippen LogP contribution in [0.5, 0.6) is 5.75 Å². The van der Waals surface area contributed by atoms with Crippen LogP contribution in [0.15, 0.2) is 108 Å². The molecule has 5 nitrogen and oxygen atoms in total. The van der Waals surface area contributed by atoms with Gasteiger partial charge in [-0.05, 0) is 39.9 Å². The summed E-state index contributed by atoms with van der Waals surface area (Å²) in [5, 5.41) is 5.55. The van der Waals surface area contributed by atoms with Gasteiger partial charge in [0, 0.05) is 17.4 Å². The largest absolute Gasteiger partial charge is 0.488 e. The first kappa shape index (κ1) is 21.7. The topological polar surface area (TPSA) is 59.0 Å². The monoisotopic (exact) mass is 484 g/mol. The summed E-state index contributed by atoms with van der Waals surface area (Å²) in [5.41, 5.74) is 6.37. The Kier molecular flexibility index (Phi) is 5.03. The smallest absolute Gasteiger partial charge is 0.254 e. The molecule has 8 rings (SSSR count). The van der Waals surface area contributed by atoms with Gasteiger partial charge >= 0.3 is 0 Å². The molecule has 3 aliphatic carbocycles. The average Bonchev–Trinajstić information content (AvgIpc) is 3.21. The Morgan fingerprint density at radius 2 is 1.14 bits per heavy atom. The number of para-hydroxylation sites is 1. The lowest BCUT2D eigenvalue weighted by molar-refractivity contribution is -0.139. The SMILES string of the molecule is O=C1[C@@H]2C3c4ccccc4C(c4ccccc43)[C@@H]2C(=O)N1/N=C\c1ccccc1OCc1ccccc1. The van der Waals surface area contributed by atoms with Gasteiger partial charge in [0.15, 0.2) is 0 Å². The molecule has 180 valence electrons. The molecule has 0 radical (unpaired) electrons. The highest BCUT2D eigenvalue weighted by Crippen LogP contribution is 2.60. The van der Waals surface area contributed by atoms with Gasteiger partial charge in [0.2, 0.25) is 0 Å². The number of rotatable bonds is 5. The van der Waals surface area contributed by atoms with Crippen molar-refractivity contribution in [2.45, 2.75) is 18.4 Å². The van der Waals surface area contributed by atoms with Crippen molar-refractivity contribution in [2.75, 3.05) is 0 Å². The second kappa shape index (κ2) is 8.56. The molecule has 1 saturated heterocycles. The summed E-state index contributed by atoms with van der Waals surface area (Å²) >= 11 is 0. The van der Waals surface area contributed by atoms with Gasteiger partial charge in [-0.15, -0.1) is 0 Å². The third-order valence-electron chi connectivity index (χ3n) is 7.89. The number of hydrogen-bond acceptors (Lipinski definition) is 4. The van der Waals surface area contributed by atoms with E-state index >= 15 is 0 Å². The molecule has 0 N–H and O–H groups in total. The first-order valence-electron chi connectivity index (χ1n) is 12.6. The minimum atomic E-state index is -0.441. The lowest BCUT2D eigenvalue weighted by atomic mass is 9.55. The highest BCUT2D eigenvalue weighted by Gasteiger charge is 2.61. The van der Waals surface area contributed by atoms with E-state index in [-0.39, 0.29) is 23.7 Å². The van der Waals surface area contributed by atoms with Crippen molar-refractivity contribution in [2.24, 2.45) is 16.9 Å². The molecular formula is C32H24N2O3. The van der Waals surface area contributed by atoms with Crippen LogP contribution in [0.3, 0.4) is 0 Å². The summed E-state index contributed by atoms with van der Waals surface area (Å²) in [6.45, 7) is 0.414. The summed E-state index contributed by atoms with van der Waals surface area (Å²) in [7, 11) is 0. The standard InChI is InChI=1S/C32H24N2O3/c35-31-29-27-22-13-5-6-14-23(22)28(25-16-8-7-15-24(25)27)30(29)32(36)34(31)33-18-21-12-4-9-17-26(21)37-19-20-10-2-1-3-11-20/h1-18,27-30H,19H2/b33-18-/t27?,28?,29-,30+. The number of carbonyl (C=O) groups excluding carboxylic acids is 2. The zero-order valence-corrected chi connectivity index (χ0v) is 20.0. The highest BCUT2D eigenvalue weighted by atomic mass is 16.5. The van der Waals surface area contributed by atoms with Crippen LogP contribution in [0.4, 0.5) is 0 Å². The molecule has 37 heavy (non-hydrogen) atoms. The van der Waals surface area contributed by atoms with E-state index in [9.17, 15) is 9.59 Å². The number of benzene rings is 4. The Hall–Kier alpha value is -4.51. The summed E-state index contributed by atoms with van der Waals surface area (Å²) < 4.78 is 6.04. The summed E-state index contributed by atoms with van der Waals surface area (Å²) in [5.74, 6) is -0.971. The minimum Gasteiger partial charge on any atom is -0.488 e. The van der Waals surface area contributed by atoms with Gasteiger partial charge in [-0.3, -0.25) is 9.59 Å². The molecule has 2 atom stereocenters. The van der Waals surface area contributed by atoms with E-state index in [1.54, 1.807) is 6.21 Å². The van der Waals surface area contributed by atoms with Crippen LogP contribution in [0, 0.1) is 11.8 Å². The second-order valence-corrected chi connectivity index (χ2v) is 9.81. The fourth-order valence-corrected chi connectivity index (χ4v) is 6.35. The van der Waals surface area contributed by atoms with E-state index in [2.05, 4.69) is 29.4 Å². The van der Waals surface area contributed by atoms with Crippen LogP contribution in [0.2, 0.25) is 0 Å². The number of imide groups is 1. The predicted molar refractivity (Wildman–Crippen MR) is 140 cm³/mol. The zero-order chi connectivity index (χ0) is 24.9. The van der Waals surface area contributed by atoms with Crippen molar-refractivity contribution in [3.8, 4) is 5.75 Å². The summed E-state index contributed by atoms with van der Waals surface area (Å²) in [6, 6.07) is 33.9. The van der Waals surface area contributed by atoms with Crippen molar-refractivity contribution >= 4 is 18.0 Å². The van der Waals surface area contributed by atoms with Gasteiger partial charge in [-0.25, -0.2) is 0 Å². The lowest BCUT2D eigenvalue weighted by Gasteiger charge is -2.45. The summed E-state index contributed by atoms with van der Waals surface area (Å²) in [6.07, 6.45) is 1.57. The molecule has 0 aromatic heterocycles. The maximum absolute atomic E-state index is 13.7. The molecule has 0 unspecified atom stereocenters. The van der Waals surface area contributed by atoms with Gasteiger partial charge in [-0.1, -0.05) is 91.0 Å². The van der Waals surface area contributed by atoms with Crippen LogP contribution < -0.4 is 4.74 Å². The first-order valence-corrected chi connectivity index (χ1v) is 12.6. The molecule has 4 aliphatic rings. The van der Waals surface area contributed by atoms with Crippen molar-refractivity contribution < 1.29 is 14.3 Å². The normalized spacial score (nSPS) is 23.2. The Morgan fingerprint density at radius 1 is 0.649 bits per heavy atom. The molecule has 1 fully saturated rings. The molecule has 0 saturated carbocycles. The first-order chi connectivity index (χ1) is 18.2. The van der Waals surface area contributed by atoms with Crippen molar-refractivity contribution in [1.29, 1.82) is 0 Å². The second-order valence-electron chi connectivity index (χ2n) is 9.81. The van der Waals surface area contributed by atoms with Gasteiger partial charge in [0.25, 0.3) is 11.8 Å². The van der Waals surface area contributed by atoms with Gasteiger partial charge in [0.1, 0.15) is 12.4 Å². The maximum atomic E-state index is 13.7. The Labute approximate surface area is 215 Å². The number of hydrazone groups is 1. The third kappa shape index (κ3) is 3.34. The number of nitrogens with zero attached hydrogens (tertiary/aromatic N) is 2. The lowest BCUT2D eigenvalue weighted by Crippen LogP contribution is -2.41. The van der Waals surface area contributed by atoms with E-state index in [1.807, 2.05) is 78.9 Å². The molecular weight excluding hydrogens is 460 g/mol. The minimum absolute atomic E-state index is 0.138. The van der Waals surface area contributed by atoms with Crippen molar-refractivity contribution in [3.05, 3.63) is 137 Å². The van der Waals surface area contributed by atoms with Gasteiger partial charge < -0.3 is 4.74 Å². The van der Waals surface area contributed by atoms with E-state index < -0.39 is 11.8 Å². The molecule has 2 amide bonds. The van der Waals surface area contributed by atoms with E-state index in [4.69, 9.17) is 4.74 Å². The van der Waals surface area contributed by atoms with E-state index in [1.165, 1.54) is 0 Å². The fourth-order valence-electron chi connectivity index (χ4n) is 6.35. The number of carbonyl (C=O) groups is 2. The maximum Gasteiger partial charge on any atom is 0.254 e. The number of hydrogen-bond donors (Lipinski definition) is 0. The molecule has 2 bridgehead atoms. The molecule has 0 spiro atoms. The van der Waals surface area contributed by atoms with E-state index in [0.717, 1.165) is 32.8 Å². The molecule has 4 aromatic rings. The molecule has 5 heteroatoms. The van der Waals surface area contributed by atoms with E-state index in [0.29, 0.717) is 17.9 Å². The van der Waals surface area contributed by atoms with Crippen molar-refractivity contribution in [3.63, 3.8) is 0 Å². The third-order valence-corrected chi connectivity index (χ3v) is 7.89. The Bertz CT molecular complexity index is 1450. The molecule has 1 aliphatic heterocycles. The van der Waals surface area contributed by atoms with Gasteiger partial charge in [-0.2, -0.15) is 10.1 Å². The molecule has 1 heterocycles. The highest BCUT2D eigenvalue weighted by molar-refractivity contribution is 6.08.